The van der Waals surface area contributed by atoms with Gasteiger partial charge in [-0.2, -0.15) is 0 Å². The van der Waals surface area contributed by atoms with Crippen LogP contribution in [-0.4, -0.2) is 35.5 Å². The molecule has 1 amide bonds. The second-order valence-corrected chi connectivity index (χ2v) is 7.68. The van der Waals surface area contributed by atoms with E-state index in [2.05, 4.69) is 4.98 Å². The molecule has 27 heavy (non-hydrogen) atoms. The summed E-state index contributed by atoms with van der Waals surface area (Å²) in [7, 11) is 0. The maximum Gasteiger partial charge on any atom is 0.228 e. The Labute approximate surface area is 167 Å². The molecule has 0 spiro atoms. The predicted molar refractivity (Wildman–Crippen MR) is 108 cm³/mol. The highest BCUT2D eigenvalue weighted by atomic mass is 35.5. The number of carbonyl (C=O) groups is 1. The van der Waals surface area contributed by atoms with Crippen molar-refractivity contribution >= 4 is 28.8 Å². The lowest BCUT2D eigenvalue weighted by molar-refractivity contribution is -0.138. The van der Waals surface area contributed by atoms with E-state index in [1.165, 1.54) is 11.3 Å². The minimum Gasteiger partial charge on any atom is -0.370 e. The summed E-state index contributed by atoms with van der Waals surface area (Å²) in [6.45, 7) is 1.74. The van der Waals surface area contributed by atoms with E-state index in [0.29, 0.717) is 31.1 Å². The van der Waals surface area contributed by atoms with Crippen molar-refractivity contribution in [3.8, 4) is 10.6 Å². The standard InChI is InChI=1S/C21H19ClN2O2S/c22-18-9-5-4-8-17(18)21-23-16(14-27-21)12-20(25)24-10-11-26-19(13-24)15-6-2-1-3-7-15/h1-9,14,19H,10-13H2/t19-/m0/s1. The Hall–Kier alpha value is -2.21. The number of thiazole rings is 1. The van der Waals surface area contributed by atoms with Gasteiger partial charge >= 0.3 is 0 Å². The molecule has 0 N–H and O–H groups in total. The number of rotatable bonds is 4. The number of hydrogen-bond acceptors (Lipinski definition) is 4. The number of amides is 1. The first-order valence-corrected chi connectivity index (χ1v) is 10.1. The number of morpholine rings is 1. The van der Waals surface area contributed by atoms with Gasteiger partial charge in [0.15, 0.2) is 0 Å². The third kappa shape index (κ3) is 4.21. The van der Waals surface area contributed by atoms with E-state index in [1.807, 2.05) is 64.9 Å². The van der Waals surface area contributed by atoms with Gasteiger partial charge in [0.1, 0.15) is 11.1 Å². The maximum atomic E-state index is 12.8. The summed E-state index contributed by atoms with van der Waals surface area (Å²) in [6, 6.07) is 17.7. The van der Waals surface area contributed by atoms with Crippen molar-refractivity contribution in [2.24, 2.45) is 0 Å². The molecular weight excluding hydrogens is 380 g/mol. The van der Waals surface area contributed by atoms with Gasteiger partial charge in [0.05, 0.1) is 30.3 Å². The fourth-order valence-electron chi connectivity index (χ4n) is 3.16. The largest absolute Gasteiger partial charge is 0.370 e. The van der Waals surface area contributed by atoms with Gasteiger partial charge in [0.2, 0.25) is 5.91 Å². The number of nitrogens with zero attached hydrogens (tertiary/aromatic N) is 2. The molecule has 1 aliphatic rings. The van der Waals surface area contributed by atoms with Crippen LogP contribution in [0.5, 0.6) is 0 Å². The van der Waals surface area contributed by atoms with Crippen LogP contribution in [0.1, 0.15) is 17.4 Å². The number of ether oxygens (including phenoxy) is 1. The van der Waals surface area contributed by atoms with Gasteiger partial charge < -0.3 is 9.64 Å². The summed E-state index contributed by atoms with van der Waals surface area (Å²) >= 11 is 7.76. The maximum absolute atomic E-state index is 12.8. The van der Waals surface area contributed by atoms with Crippen molar-refractivity contribution in [3.63, 3.8) is 0 Å². The highest BCUT2D eigenvalue weighted by molar-refractivity contribution is 7.13. The van der Waals surface area contributed by atoms with Gasteiger partial charge in [0, 0.05) is 17.5 Å². The van der Waals surface area contributed by atoms with Gasteiger partial charge in [-0.15, -0.1) is 11.3 Å². The number of benzene rings is 2. The molecule has 1 saturated heterocycles. The van der Waals surface area contributed by atoms with Crippen molar-refractivity contribution in [1.29, 1.82) is 0 Å². The first kappa shape index (κ1) is 18.2. The van der Waals surface area contributed by atoms with Crippen molar-refractivity contribution in [1.82, 2.24) is 9.88 Å². The molecule has 0 saturated carbocycles. The van der Waals surface area contributed by atoms with Crippen molar-refractivity contribution < 1.29 is 9.53 Å². The fraction of sp³-hybridized carbons (Fsp3) is 0.238. The molecule has 3 aromatic rings. The lowest BCUT2D eigenvalue weighted by Gasteiger charge is -2.33. The van der Waals surface area contributed by atoms with Crippen molar-refractivity contribution in [2.75, 3.05) is 19.7 Å². The molecule has 0 aliphatic carbocycles. The monoisotopic (exact) mass is 398 g/mol. The molecule has 0 unspecified atom stereocenters. The van der Waals surface area contributed by atoms with Gasteiger partial charge in [-0.1, -0.05) is 60.1 Å². The molecule has 4 rings (SSSR count). The van der Waals surface area contributed by atoms with E-state index >= 15 is 0 Å². The van der Waals surface area contributed by atoms with Crippen LogP contribution in [-0.2, 0) is 16.0 Å². The molecule has 138 valence electrons. The fourth-order valence-corrected chi connectivity index (χ4v) is 4.30. The Morgan fingerprint density at radius 1 is 1.19 bits per heavy atom. The van der Waals surface area contributed by atoms with Crippen LogP contribution in [0.25, 0.3) is 10.6 Å². The van der Waals surface area contributed by atoms with Crippen molar-refractivity contribution in [2.45, 2.75) is 12.5 Å². The first-order valence-electron chi connectivity index (χ1n) is 8.84. The van der Waals surface area contributed by atoms with Crippen LogP contribution < -0.4 is 0 Å². The average molecular weight is 399 g/mol. The lowest BCUT2D eigenvalue weighted by Crippen LogP contribution is -2.43. The Bertz CT molecular complexity index is 929. The van der Waals surface area contributed by atoms with Crippen LogP contribution in [0.2, 0.25) is 5.02 Å². The molecule has 2 aromatic carbocycles. The zero-order chi connectivity index (χ0) is 18.6. The Morgan fingerprint density at radius 2 is 1.96 bits per heavy atom. The first-order chi connectivity index (χ1) is 13.2. The lowest BCUT2D eigenvalue weighted by atomic mass is 10.1. The molecule has 0 radical (unpaired) electrons. The van der Waals surface area contributed by atoms with Gasteiger partial charge in [-0.25, -0.2) is 4.98 Å². The third-order valence-corrected chi connectivity index (χ3v) is 5.83. The second kappa shape index (κ2) is 8.21. The van der Waals surface area contributed by atoms with Gasteiger partial charge in [-0.3, -0.25) is 4.79 Å². The molecule has 4 nitrogen and oxygen atoms in total. The average Bonchev–Trinajstić information content (AvgIpc) is 3.17. The molecule has 1 fully saturated rings. The topological polar surface area (TPSA) is 42.4 Å². The quantitative estimate of drug-likeness (QED) is 0.644. The van der Waals surface area contributed by atoms with Crippen molar-refractivity contribution in [3.05, 3.63) is 76.3 Å². The Balaban J connectivity index is 1.43. The smallest absolute Gasteiger partial charge is 0.228 e. The SMILES string of the molecule is O=C(Cc1csc(-c2ccccc2Cl)n1)N1CCO[C@H](c2ccccc2)C1. The predicted octanol–water partition coefficient (Wildman–Crippen LogP) is 4.61. The molecule has 1 atom stereocenters. The zero-order valence-electron chi connectivity index (χ0n) is 14.7. The van der Waals surface area contributed by atoms with E-state index in [0.717, 1.165) is 21.8 Å². The minimum absolute atomic E-state index is 0.0713. The Kier molecular flexibility index (Phi) is 5.53. The zero-order valence-corrected chi connectivity index (χ0v) is 16.2. The number of hydrogen-bond donors (Lipinski definition) is 0. The summed E-state index contributed by atoms with van der Waals surface area (Å²) in [5.41, 5.74) is 2.78. The summed E-state index contributed by atoms with van der Waals surface area (Å²) in [5.74, 6) is 0.0789. The Morgan fingerprint density at radius 3 is 2.78 bits per heavy atom. The third-order valence-electron chi connectivity index (χ3n) is 4.58. The summed E-state index contributed by atoms with van der Waals surface area (Å²) in [4.78, 5) is 19.2. The molecule has 6 heteroatoms. The van der Waals surface area contributed by atoms with Gasteiger partial charge in [-0.05, 0) is 11.6 Å². The van der Waals surface area contributed by atoms with E-state index < -0.39 is 0 Å². The number of halogens is 1. The molecule has 1 aliphatic heterocycles. The van der Waals surface area contributed by atoms with E-state index in [-0.39, 0.29) is 12.0 Å². The van der Waals surface area contributed by atoms with Crippen LogP contribution in [0.15, 0.2) is 60.0 Å². The summed E-state index contributed by atoms with van der Waals surface area (Å²) in [5, 5.41) is 3.45. The van der Waals surface area contributed by atoms with E-state index in [9.17, 15) is 4.79 Å². The number of carbonyl (C=O) groups excluding carboxylic acids is 1. The summed E-state index contributed by atoms with van der Waals surface area (Å²) < 4.78 is 5.85. The van der Waals surface area contributed by atoms with Crippen LogP contribution >= 0.6 is 22.9 Å². The normalized spacial score (nSPS) is 17.1. The van der Waals surface area contributed by atoms with E-state index in [1.54, 1.807) is 0 Å². The highest BCUT2D eigenvalue weighted by Gasteiger charge is 2.25. The molecular formula is C21H19ClN2O2S. The minimum atomic E-state index is -0.0713. The van der Waals surface area contributed by atoms with Crippen LogP contribution in [0.3, 0.4) is 0 Å². The van der Waals surface area contributed by atoms with Crippen LogP contribution in [0.4, 0.5) is 0 Å². The van der Waals surface area contributed by atoms with E-state index in [4.69, 9.17) is 16.3 Å². The molecule has 1 aromatic heterocycles. The molecule has 2 heterocycles. The van der Waals surface area contributed by atoms with Crippen LogP contribution in [0, 0.1) is 0 Å². The second-order valence-electron chi connectivity index (χ2n) is 6.41. The number of aromatic nitrogens is 1. The summed E-state index contributed by atoms with van der Waals surface area (Å²) in [6.07, 6.45) is 0.223. The molecule has 0 bridgehead atoms. The highest BCUT2D eigenvalue weighted by Crippen LogP contribution is 2.30. The van der Waals surface area contributed by atoms with Gasteiger partial charge in [0.25, 0.3) is 0 Å².